The van der Waals surface area contributed by atoms with Crippen molar-refractivity contribution in [1.82, 2.24) is 4.90 Å². The molecule has 8 nitrogen and oxygen atoms in total. The van der Waals surface area contributed by atoms with Gasteiger partial charge >= 0.3 is 0 Å². The summed E-state index contributed by atoms with van der Waals surface area (Å²) in [6.07, 6.45) is 1.84. The summed E-state index contributed by atoms with van der Waals surface area (Å²) >= 11 is 1.34. The molecule has 0 N–H and O–H groups in total. The van der Waals surface area contributed by atoms with E-state index in [0.29, 0.717) is 34.7 Å². The van der Waals surface area contributed by atoms with Gasteiger partial charge in [0.15, 0.2) is 16.7 Å². The highest BCUT2D eigenvalue weighted by atomic mass is 32.2. The minimum absolute atomic E-state index is 0.0277. The summed E-state index contributed by atoms with van der Waals surface area (Å²) in [4.78, 5) is 31.2. The van der Waals surface area contributed by atoms with Gasteiger partial charge in [-0.25, -0.2) is 4.99 Å². The second-order valence-corrected chi connectivity index (χ2v) is 10.6. The number of aliphatic imine (C=N–C) groups is 1. The SMILES string of the molecule is CCOc1cc(/C=C2/SC(=Nc3ccc(C)cc3)N(Cc3ccccc3)C2=O)ccc1OCc1ccc([N+](=O)[O-])cc1. The number of amidine groups is 1. The van der Waals surface area contributed by atoms with E-state index in [9.17, 15) is 14.9 Å². The van der Waals surface area contributed by atoms with Crippen molar-refractivity contribution in [3.8, 4) is 11.5 Å². The summed E-state index contributed by atoms with van der Waals surface area (Å²) in [5.74, 6) is 0.958. The Labute approximate surface area is 248 Å². The molecule has 1 amide bonds. The van der Waals surface area contributed by atoms with Crippen molar-refractivity contribution in [3.63, 3.8) is 0 Å². The van der Waals surface area contributed by atoms with E-state index in [-0.39, 0.29) is 18.2 Å². The average Bonchev–Trinajstić information content (AvgIpc) is 3.27. The zero-order chi connectivity index (χ0) is 29.5. The normalized spacial score (nSPS) is 14.9. The van der Waals surface area contributed by atoms with Crippen LogP contribution in [0.4, 0.5) is 11.4 Å². The van der Waals surface area contributed by atoms with Gasteiger partial charge < -0.3 is 9.47 Å². The number of thioether (sulfide) groups is 1. The number of rotatable bonds is 10. The predicted octanol–water partition coefficient (Wildman–Crippen LogP) is 7.69. The van der Waals surface area contributed by atoms with Gasteiger partial charge in [-0.3, -0.25) is 19.8 Å². The molecule has 0 aliphatic carbocycles. The van der Waals surface area contributed by atoms with E-state index in [2.05, 4.69) is 0 Å². The van der Waals surface area contributed by atoms with Gasteiger partial charge in [0.2, 0.25) is 0 Å². The van der Waals surface area contributed by atoms with Crippen LogP contribution < -0.4 is 9.47 Å². The number of nitrogens with zero attached hydrogens (tertiary/aromatic N) is 3. The third-order valence-corrected chi connectivity index (χ3v) is 7.44. The third-order valence-electron chi connectivity index (χ3n) is 6.44. The van der Waals surface area contributed by atoms with Crippen molar-refractivity contribution in [1.29, 1.82) is 0 Å². The first-order chi connectivity index (χ1) is 20.4. The molecule has 1 heterocycles. The summed E-state index contributed by atoms with van der Waals surface area (Å²) in [6.45, 7) is 4.97. The molecule has 9 heteroatoms. The molecular weight excluding hydrogens is 550 g/mol. The highest BCUT2D eigenvalue weighted by molar-refractivity contribution is 8.18. The van der Waals surface area contributed by atoms with E-state index < -0.39 is 4.92 Å². The van der Waals surface area contributed by atoms with Crippen molar-refractivity contribution < 1.29 is 19.2 Å². The van der Waals surface area contributed by atoms with Crippen molar-refractivity contribution in [2.24, 2.45) is 4.99 Å². The van der Waals surface area contributed by atoms with Crippen LogP contribution in [-0.4, -0.2) is 27.5 Å². The summed E-state index contributed by atoms with van der Waals surface area (Å²) in [5.41, 5.74) is 4.54. The van der Waals surface area contributed by atoms with Gasteiger partial charge in [0.1, 0.15) is 6.61 Å². The Morgan fingerprint density at radius 2 is 1.64 bits per heavy atom. The molecule has 4 aromatic rings. The van der Waals surface area contributed by atoms with Gasteiger partial charge in [-0.1, -0.05) is 54.1 Å². The number of amides is 1. The van der Waals surface area contributed by atoms with Crippen molar-refractivity contribution >= 4 is 40.3 Å². The lowest BCUT2D eigenvalue weighted by Crippen LogP contribution is -2.28. The number of nitro groups is 1. The molecule has 0 bridgehead atoms. The Balaban J connectivity index is 1.39. The Kier molecular flexibility index (Phi) is 8.99. The van der Waals surface area contributed by atoms with E-state index >= 15 is 0 Å². The maximum Gasteiger partial charge on any atom is 0.269 e. The van der Waals surface area contributed by atoms with Crippen LogP contribution in [0.5, 0.6) is 11.5 Å². The van der Waals surface area contributed by atoms with Gasteiger partial charge in [-0.15, -0.1) is 0 Å². The Morgan fingerprint density at radius 1 is 0.905 bits per heavy atom. The number of ether oxygens (including phenoxy) is 2. The van der Waals surface area contributed by atoms with Crippen molar-refractivity contribution in [3.05, 3.63) is 134 Å². The first kappa shape index (κ1) is 28.6. The predicted molar refractivity (Wildman–Crippen MR) is 166 cm³/mol. The van der Waals surface area contributed by atoms with E-state index in [1.165, 1.54) is 23.9 Å². The zero-order valence-corrected chi connectivity index (χ0v) is 24.0. The summed E-state index contributed by atoms with van der Waals surface area (Å²) in [5, 5.41) is 11.5. The monoisotopic (exact) mass is 579 g/mol. The second-order valence-electron chi connectivity index (χ2n) is 9.57. The fourth-order valence-electron chi connectivity index (χ4n) is 4.25. The fraction of sp³-hybridized carbons (Fsp3) is 0.152. The van der Waals surface area contributed by atoms with Gasteiger partial charge in [-0.05, 0) is 84.8 Å². The molecule has 1 aliphatic rings. The Hall–Kier alpha value is -4.89. The molecule has 0 radical (unpaired) electrons. The molecule has 1 aliphatic heterocycles. The van der Waals surface area contributed by atoms with Crippen molar-refractivity contribution in [2.45, 2.75) is 27.0 Å². The van der Waals surface area contributed by atoms with Crippen LogP contribution in [0.3, 0.4) is 0 Å². The zero-order valence-electron chi connectivity index (χ0n) is 23.2. The van der Waals surface area contributed by atoms with Crippen LogP contribution >= 0.6 is 11.8 Å². The van der Waals surface area contributed by atoms with Crippen LogP contribution in [0.1, 0.15) is 29.2 Å². The molecule has 0 aromatic heterocycles. The quantitative estimate of drug-likeness (QED) is 0.109. The molecule has 212 valence electrons. The van der Waals surface area contributed by atoms with Crippen LogP contribution in [0.25, 0.3) is 6.08 Å². The molecule has 0 atom stereocenters. The van der Waals surface area contributed by atoms with E-state index in [0.717, 1.165) is 27.9 Å². The minimum atomic E-state index is -0.434. The molecule has 1 fully saturated rings. The van der Waals surface area contributed by atoms with E-state index in [4.69, 9.17) is 14.5 Å². The number of carbonyl (C=O) groups is 1. The number of aryl methyl sites for hydroxylation is 1. The number of nitro benzene ring substituents is 1. The summed E-state index contributed by atoms with van der Waals surface area (Å²) in [7, 11) is 0. The second kappa shape index (κ2) is 13.2. The summed E-state index contributed by atoms with van der Waals surface area (Å²) in [6, 6.07) is 29.5. The molecule has 5 rings (SSSR count). The molecule has 1 saturated heterocycles. The Morgan fingerprint density at radius 3 is 2.33 bits per heavy atom. The van der Waals surface area contributed by atoms with Gasteiger partial charge in [0.05, 0.1) is 28.7 Å². The number of non-ortho nitro benzene ring substituents is 1. The van der Waals surface area contributed by atoms with Crippen LogP contribution in [0.2, 0.25) is 0 Å². The molecule has 0 unspecified atom stereocenters. The Bertz CT molecular complexity index is 1640. The molecule has 42 heavy (non-hydrogen) atoms. The van der Waals surface area contributed by atoms with Gasteiger partial charge in [0, 0.05) is 12.1 Å². The van der Waals surface area contributed by atoms with Gasteiger partial charge in [-0.2, -0.15) is 0 Å². The van der Waals surface area contributed by atoms with Crippen LogP contribution in [0, 0.1) is 17.0 Å². The first-order valence-electron chi connectivity index (χ1n) is 13.4. The number of benzene rings is 4. The number of hydrogen-bond donors (Lipinski definition) is 0. The smallest absolute Gasteiger partial charge is 0.269 e. The third kappa shape index (κ3) is 7.05. The number of carbonyl (C=O) groups excluding carboxylic acids is 1. The summed E-state index contributed by atoms with van der Waals surface area (Å²) < 4.78 is 11.8. The molecule has 0 spiro atoms. The topological polar surface area (TPSA) is 94.3 Å². The van der Waals surface area contributed by atoms with Crippen molar-refractivity contribution in [2.75, 3.05) is 6.61 Å². The number of hydrogen-bond acceptors (Lipinski definition) is 7. The minimum Gasteiger partial charge on any atom is -0.490 e. The van der Waals surface area contributed by atoms with E-state index in [1.807, 2.05) is 86.7 Å². The van der Waals surface area contributed by atoms with E-state index in [1.54, 1.807) is 23.1 Å². The fourth-order valence-corrected chi connectivity index (χ4v) is 5.25. The van der Waals surface area contributed by atoms with Gasteiger partial charge in [0.25, 0.3) is 11.6 Å². The first-order valence-corrected chi connectivity index (χ1v) is 14.2. The lowest BCUT2D eigenvalue weighted by Gasteiger charge is -2.15. The average molecular weight is 580 g/mol. The lowest BCUT2D eigenvalue weighted by atomic mass is 10.1. The lowest BCUT2D eigenvalue weighted by molar-refractivity contribution is -0.384. The van der Waals surface area contributed by atoms with Crippen LogP contribution in [0.15, 0.2) is 107 Å². The molecule has 0 saturated carbocycles. The maximum atomic E-state index is 13.6. The molecular formula is C33H29N3O5S. The maximum absolute atomic E-state index is 13.6. The highest BCUT2D eigenvalue weighted by Crippen LogP contribution is 2.37. The standard InChI is InChI=1S/C33H29N3O5S/c1-3-40-30-19-26(13-18-29(30)41-22-25-11-16-28(17-12-25)36(38)39)20-31-32(37)35(21-24-7-5-4-6-8-24)33(42-31)34-27-14-9-23(2)10-15-27/h4-20H,3,21-22H2,1-2H3/b31-20+,34-33?. The highest BCUT2D eigenvalue weighted by Gasteiger charge is 2.33. The molecule has 4 aromatic carbocycles. The largest absolute Gasteiger partial charge is 0.490 e. The van der Waals surface area contributed by atoms with Crippen LogP contribution in [-0.2, 0) is 17.9 Å².